The lowest BCUT2D eigenvalue weighted by atomic mass is 9.93. The minimum Gasteiger partial charge on any atom is -0.459 e. The number of carbonyl (C=O) groups is 2. The van der Waals surface area contributed by atoms with E-state index in [1.165, 1.54) is 6.26 Å². The predicted molar refractivity (Wildman–Crippen MR) is 108 cm³/mol. The zero-order valence-corrected chi connectivity index (χ0v) is 16.5. The fraction of sp³-hybridized carbons (Fsp3) is 0.429. The molecule has 0 aliphatic carbocycles. The van der Waals surface area contributed by atoms with Crippen LogP contribution in [0.5, 0.6) is 0 Å². The van der Waals surface area contributed by atoms with Gasteiger partial charge in [-0.25, -0.2) is 0 Å². The van der Waals surface area contributed by atoms with E-state index in [9.17, 15) is 9.59 Å². The fourth-order valence-corrected chi connectivity index (χ4v) is 3.99. The van der Waals surface area contributed by atoms with Crippen LogP contribution < -0.4 is 10.6 Å². The first-order chi connectivity index (χ1) is 13.2. The van der Waals surface area contributed by atoms with Crippen LogP contribution in [0.25, 0.3) is 0 Å². The molecule has 0 radical (unpaired) electrons. The standard InChI is InChI=1S/C21H25N3O3.ClH/c25-20(23-10-8-15-7-9-22-13-15)18-12-16-4-1-2-5-17(16)14-24(18)21(26)19-6-3-11-27-19;/h1-6,11,15,18,22H,7-10,12-14H2,(H,23,25);1H. The summed E-state index contributed by atoms with van der Waals surface area (Å²) in [6.07, 6.45) is 4.14. The molecule has 1 aromatic heterocycles. The van der Waals surface area contributed by atoms with Gasteiger partial charge < -0.3 is 20.0 Å². The van der Waals surface area contributed by atoms with Crippen molar-refractivity contribution in [3.63, 3.8) is 0 Å². The maximum Gasteiger partial charge on any atom is 0.290 e. The summed E-state index contributed by atoms with van der Waals surface area (Å²) in [6, 6.07) is 10.8. The second-order valence-corrected chi connectivity index (χ2v) is 7.34. The Labute approximate surface area is 171 Å². The molecule has 2 N–H and O–H groups in total. The SMILES string of the molecule is Cl.O=C(NCCC1CCNC1)C1Cc2ccccc2CN1C(=O)c1ccco1. The van der Waals surface area contributed by atoms with Gasteiger partial charge >= 0.3 is 0 Å². The van der Waals surface area contributed by atoms with Crippen LogP contribution in [0.2, 0.25) is 0 Å². The molecule has 4 rings (SSSR count). The van der Waals surface area contributed by atoms with Crippen LogP contribution in [-0.4, -0.2) is 42.4 Å². The molecule has 7 heteroatoms. The van der Waals surface area contributed by atoms with Gasteiger partial charge in [0.15, 0.2) is 5.76 Å². The first-order valence-corrected chi connectivity index (χ1v) is 9.62. The van der Waals surface area contributed by atoms with Gasteiger partial charge in [-0.15, -0.1) is 12.4 Å². The van der Waals surface area contributed by atoms with Crippen LogP contribution >= 0.6 is 12.4 Å². The third-order valence-electron chi connectivity index (χ3n) is 5.56. The molecule has 2 amide bonds. The van der Waals surface area contributed by atoms with Crippen molar-refractivity contribution in [2.75, 3.05) is 19.6 Å². The minimum atomic E-state index is -0.515. The van der Waals surface area contributed by atoms with Crippen LogP contribution in [-0.2, 0) is 17.8 Å². The van der Waals surface area contributed by atoms with Crippen molar-refractivity contribution < 1.29 is 14.0 Å². The van der Waals surface area contributed by atoms with Crippen molar-refractivity contribution in [2.24, 2.45) is 5.92 Å². The van der Waals surface area contributed by atoms with Gasteiger partial charge in [-0.2, -0.15) is 0 Å². The maximum atomic E-state index is 12.9. The molecule has 0 bridgehead atoms. The lowest BCUT2D eigenvalue weighted by molar-refractivity contribution is -0.126. The topological polar surface area (TPSA) is 74.6 Å². The van der Waals surface area contributed by atoms with Crippen molar-refractivity contribution in [1.29, 1.82) is 0 Å². The zero-order chi connectivity index (χ0) is 18.6. The maximum absolute atomic E-state index is 12.9. The van der Waals surface area contributed by atoms with Gasteiger partial charge in [-0.3, -0.25) is 9.59 Å². The highest BCUT2D eigenvalue weighted by Crippen LogP contribution is 2.25. The third-order valence-corrected chi connectivity index (χ3v) is 5.56. The average molecular weight is 404 g/mol. The van der Waals surface area contributed by atoms with E-state index in [1.807, 2.05) is 24.3 Å². The quantitative estimate of drug-likeness (QED) is 0.803. The number of benzene rings is 1. The van der Waals surface area contributed by atoms with Crippen molar-refractivity contribution in [3.8, 4) is 0 Å². The predicted octanol–water partition coefficient (Wildman–Crippen LogP) is 2.38. The van der Waals surface area contributed by atoms with E-state index < -0.39 is 6.04 Å². The Kier molecular flexibility index (Phi) is 6.75. The molecular weight excluding hydrogens is 378 g/mol. The second-order valence-electron chi connectivity index (χ2n) is 7.34. The number of carbonyl (C=O) groups excluding carboxylic acids is 2. The Hall–Kier alpha value is -2.31. The number of hydrogen-bond donors (Lipinski definition) is 2. The molecule has 6 nitrogen and oxygen atoms in total. The third kappa shape index (κ3) is 4.39. The number of rotatable bonds is 5. The van der Waals surface area contributed by atoms with Crippen LogP contribution in [0.4, 0.5) is 0 Å². The highest BCUT2D eigenvalue weighted by atomic mass is 35.5. The number of amides is 2. The van der Waals surface area contributed by atoms with E-state index in [-0.39, 0.29) is 30.0 Å². The lowest BCUT2D eigenvalue weighted by Gasteiger charge is -2.35. The molecule has 2 aliphatic heterocycles. The van der Waals surface area contributed by atoms with Crippen molar-refractivity contribution in [3.05, 3.63) is 59.5 Å². The number of fused-ring (bicyclic) bond motifs is 1. The molecule has 2 aromatic rings. The Morgan fingerprint density at radius 1 is 1.18 bits per heavy atom. The highest BCUT2D eigenvalue weighted by Gasteiger charge is 2.35. The van der Waals surface area contributed by atoms with E-state index in [0.29, 0.717) is 25.4 Å². The summed E-state index contributed by atoms with van der Waals surface area (Å²) in [5, 5.41) is 6.40. The number of furan rings is 1. The van der Waals surface area contributed by atoms with Gasteiger partial charge in [0.1, 0.15) is 6.04 Å². The molecule has 2 unspecified atom stereocenters. The number of nitrogens with one attached hydrogen (secondary N) is 2. The molecule has 3 heterocycles. The normalized spacial score (nSPS) is 20.9. The molecule has 2 aliphatic rings. The molecule has 1 fully saturated rings. The van der Waals surface area contributed by atoms with Crippen LogP contribution in [0.15, 0.2) is 47.1 Å². The number of nitrogens with zero attached hydrogens (tertiary/aromatic N) is 1. The van der Waals surface area contributed by atoms with E-state index in [4.69, 9.17) is 4.42 Å². The molecule has 2 atom stereocenters. The smallest absolute Gasteiger partial charge is 0.290 e. The number of halogens is 1. The molecule has 1 saturated heterocycles. The molecule has 1 aromatic carbocycles. The molecule has 0 saturated carbocycles. The summed E-state index contributed by atoms with van der Waals surface area (Å²) in [4.78, 5) is 27.5. The summed E-state index contributed by atoms with van der Waals surface area (Å²) in [6.45, 7) is 3.14. The minimum absolute atomic E-state index is 0. The summed E-state index contributed by atoms with van der Waals surface area (Å²) in [5.74, 6) is 0.562. The van der Waals surface area contributed by atoms with Gasteiger partial charge in [0.05, 0.1) is 6.26 Å². The van der Waals surface area contributed by atoms with E-state index in [2.05, 4.69) is 10.6 Å². The van der Waals surface area contributed by atoms with E-state index in [1.54, 1.807) is 17.0 Å². The van der Waals surface area contributed by atoms with Gasteiger partial charge in [-0.05, 0) is 55.1 Å². The van der Waals surface area contributed by atoms with E-state index in [0.717, 1.165) is 37.1 Å². The molecular formula is C21H26ClN3O3. The van der Waals surface area contributed by atoms with Gasteiger partial charge in [0.25, 0.3) is 5.91 Å². The van der Waals surface area contributed by atoms with E-state index >= 15 is 0 Å². The molecule has 28 heavy (non-hydrogen) atoms. The summed E-state index contributed by atoms with van der Waals surface area (Å²) in [7, 11) is 0. The van der Waals surface area contributed by atoms with Crippen LogP contribution in [0, 0.1) is 5.92 Å². The van der Waals surface area contributed by atoms with Crippen LogP contribution in [0.1, 0.15) is 34.5 Å². The zero-order valence-electron chi connectivity index (χ0n) is 15.7. The summed E-state index contributed by atoms with van der Waals surface area (Å²) < 4.78 is 5.28. The van der Waals surface area contributed by atoms with Gasteiger partial charge in [0, 0.05) is 19.5 Å². The van der Waals surface area contributed by atoms with Crippen molar-refractivity contribution in [2.45, 2.75) is 31.8 Å². The highest BCUT2D eigenvalue weighted by molar-refractivity contribution is 5.96. The first kappa shape index (κ1) is 20.4. The molecule has 0 spiro atoms. The largest absolute Gasteiger partial charge is 0.459 e. The van der Waals surface area contributed by atoms with Gasteiger partial charge in [-0.1, -0.05) is 24.3 Å². The Morgan fingerprint density at radius 2 is 2.00 bits per heavy atom. The number of hydrogen-bond acceptors (Lipinski definition) is 4. The Balaban J connectivity index is 0.00000225. The lowest BCUT2D eigenvalue weighted by Crippen LogP contribution is -2.52. The first-order valence-electron chi connectivity index (χ1n) is 9.62. The molecule has 150 valence electrons. The summed E-state index contributed by atoms with van der Waals surface area (Å²) in [5.41, 5.74) is 2.21. The van der Waals surface area contributed by atoms with Crippen molar-refractivity contribution >= 4 is 24.2 Å². The van der Waals surface area contributed by atoms with Crippen molar-refractivity contribution in [1.82, 2.24) is 15.5 Å². The monoisotopic (exact) mass is 403 g/mol. The average Bonchev–Trinajstić information content (AvgIpc) is 3.40. The Morgan fingerprint density at radius 3 is 2.71 bits per heavy atom. The van der Waals surface area contributed by atoms with Crippen LogP contribution in [0.3, 0.4) is 0 Å². The fourth-order valence-electron chi connectivity index (χ4n) is 3.99. The van der Waals surface area contributed by atoms with Gasteiger partial charge in [0.2, 0.25) is 5.91 Å². The second kappa shape index (κ2) is 9.26. The Bertz CT molecular complexity index is 803. The summed E-state index contributed by atoms with van der Waals surface area (Å²) >= 11 is 0.